The Morgan fingerprint density at radius 2 is 1.46 bits per heavy atom. The molecule has 12 heteroatoms. The van der Waals surface area contributed by atoms with Gasteiger partial charge in [-0.25, -0.2) is 0 Å². The second kappa shape index (κ2) is 10.9. The standard InChI is InChI=1S/C29H42O12/c1-15(31)38-14-28-24(41-18(4)34)10-19(39-16(2)32)11-27(28,36)8-6-21-25(28)23(40-17(3)33)12-26(5)20(22(35)13-30)7-9-29(21,26)37/h19-21,23-25,30,36-37H,6-14H2,1-5H3/t19-,20-,21-,23-,24+,25-,26-,27+,28-,29-/m1/s1. The molecule has 0 bridgehead atoms. The molecule has 4 aliphatic carbocycles. The van der Waals surface area contributed by atoms with Crippen molar-refractivity contribution in [2.45, 2.75) is 109 Å². The van der Waals surface area contributed by atoms with Crippen molar-refractivity contribution in [3.05, 3.63) is 0 Å². The second-order valence-corrected chi connectivity index (χ2v) is 12.7. The minimum atomic E-state index is -1.72. The summed E-state index contributed by atoms with van der Waals surface area (Å²) in [7, 11) is 0. The van der Waals surface area contributed by atoms with Crippen molar-refractivity contribution in [3.63, 3.8) is 0 Å². The zero-order chi connectivity index (χ0) is 30.5. The zero-order valence-electron chi connectivity index (χ0n) is 24.3. The van der Waals surface area contributed by atoms with E-state index in [0.29, 0.717) is 6.42 Å². The molecule has 4 aliphatic rings. The van der Waals surface area contributed by atoms with Crippen LogP contribution in [0.5, 0.6) is 0 Å². The number of fused-ring (bicyclic) bond motifs is 5. The predicted molar refractivity (Wildman–Crippen MR) is 139 cm³/mol. The lowest BCUT2D eigenvalue weighted by atomic mass is 9.40. The molecule has 10 atom stereocenters. The van der Waals surface area contributed by atoms with Crippen LogP contribution in [0.1, 0.15) is 79.6 Å². The molecule has 0 heterocycles. The Kier molecular flexibility index (Phi) is 8.36. The van der Waals surface area contributed by atoms with Gasteiger partial charge < -0.3 is 34.3 Å². The number of hydrogen-bond donors (Lipinski definition) is 3. The number of carbonyl (C=O) groups is 5. The molecule has 41 heavy (non-hydrogen) atoms. The Morgan fingerprint density at radius 1 is 0.829 bits per heavy atom. The molecule has 4 rings (SSSR count). The molecule has 0 radical (unpaired) electrons. The lowest BCUT2D eigenvalue weighted by molar-refractivity contribution is -0.320. The number of aliphatic hydroxyl groups is 3. The van der Waals surface area contributed by atoms with Gasteiger partial charge in [0.1, 0.15) is 31.5 Å². The quantitative estimate of drug-likeness (QED) is 0.286. The number of esters is 4. The third-order valence-electron chi connectivity index (χ3n) is 10.6. The van der Waals surface area contributed by atoms with Crippen LogP contribution in [0.15, 0.2) is 0 Å². The van der Waals surface area contributed by atoms with Gasteiger partial charge in [-0.05, 0) is 38.0 Å². The van der Waals surface area contributed by atoms with Gasteiger partial charge in [0.15, 0.2) is 5.78 Å². The van der Waals surface area contributed by atoms with E-state index in [-0.39, 0.29) is 38.5 Å². The first-order valence-corrected chi connectivity index (χ1v) is 14.3. The van der Waals surface area contributed by atoms with Crippen molar-refractivity contribution in [2.24, 2.45) is 28.6 Å². The summed E-state index contributed by atoms with van der Waals surface area (Å²) in [5.41, 5.74) is -5.82. The molecule has 4 fully saturated rings. The minimum absolute atomic E-state index is 0.0138. The Morgan fingerprint density at radius 3 is 2.02 bits per heavy atom. The van der Waals surface area contributed by atoms with Crippen molar-refractivity contribution in [1.82, 2.24) is 0 Å². The summed E-state index contributed by atoms with van der Waals surface area (Å²) in [6.45, 7) is 5.55. The number of hydrogen-bond acceptors (Lipinski definition) is 12. The van der Waals surface area contributed by atoms with Crippen LogP contribution in [0.2, 0.25) is 0 Å². The zero-order valence-corrected chi connectivity index (χ0v) is 24.3. The number of rotatable bonds is 7. The molecular formula is C29H42O12. The van der Waals surface area contributed by atoms with Crippen LogP contribution in [0.25, 0.3) is 0 Å². The van der Waals surface area contributed by atoms with Gasteiger partial charge in [0.2, 0.25) is 0 Å². The SMILES string of the molecule is CC(=O)OC[C@@]12[C@@H]3[C@@H](CC[C@]1(O)C[C@H](OC(C)=O)C[C@@H]2OC(C)=O)[C@]1(O)CC[C@H](C(=O)CO)[C@@]1(C)C[C@H]3OC(C)=O. The van der Waals surface area contributed by atoms with Crippen molar-refractivity contribution >= 4 is 29.7 Å². The molecule has 12 nitrogen and oxygen atoms in total. The maximum Gasteiger partial charge on any atom is 0.302 e. The Balaban J connectivity index is 1.94. The van der Waals surface area contributed by atoms with Gasteiger partial charge in [0, 0.05) is 57.8 Å². The highest BCUT2D eigenvalue weighted by molar-refractivity contribution is 5.83. The van der Waals surface area contributed by atoms with E-state index in [1.54, 1.807) is 6.92 Å². The molecule has 0 aromatic rings. The molecule has 230 valence electrons. The molecule has 0 aliphatic heterocycles. The molecule has 0 unspecified atom stereocenters. The van der Waals surface area contributed by atoms with E-state index in [4.69, 9.17) is 18.9 Å². The maximum absolute atomic E-state index is 12.9. The van der Waals surface area contributed by atoms with E-state index in [1.165, 1.54) is 27.7 Å². The number of carbonyl (C=O) groups excluding carboxylic acids is 5. The fraction of sp³-hybridized carbons (Fsp3) is 0.828. The third-order valence-corrected chi connectivity index (χ3v) is 10.6. The maximum atomic E-state index is 12.9. The summed E-state index contributed by atoms with van der Waals surface area (Å²) in [6.07, 6.45) is -2.12. The van der Waals surface area contributed by atoms with Gasteiger partial charge in [-0.1, -0.05) is 6.92 Å². The number of ether oxygens (including phenoxy) is 4. The Hall–Kier alpha value is -2.57. The first-order valence-electron chi connectivity index (χ1n) is 14.3. The van der Waals surface area contributed by atoms with Crippen LogP contribution in [0, 0.1) is 28.6 Å². The van der Waals surface area contributed by atoms with Gasteiger partial charge in [-0.3, -0.25) is 24.0 Å². The van der Waals surface area contributed by atoms with Crippen LogP contribution >= 0.6 is 0 Å². The normalized spacial score (nSPS) is 43.0. The molecule has 0 saturated heterocycles. The summed E-state index contributed by atoms with van der Waals surface area (Å²) in [4.78, 5) is 61.9. The average molecular weight is 583 g/mol. The molecule has 0 amide bonds. The smallest absolute Gasteiger partial charge is 0.302 e. The molecule has 0 spiro atoms. The lowest BCUT2D eigenvalue weighted by Gasteiger charge is -2.68. The van der Waals surface area contributed by atoms with E-state index in [1.807, 2.05) is 0 Å². The van der Waals surface area contributed by atoms with Crippen molar-refractivity contribution in [2.75, 3.05) is 13.2 Å². The van der Waals surface area contributed by atoms with E-state index in [0.717, 1.165) is 0 Å². The largest absolute Gasteiger partial charge is 0.465 e. The van der Waals surface area contributed by atoms with E-state index in [2.05, 4.69) is 0 Å². The lowest BCUT2D eigenvalue weighted by Crippen LogP contribution is -2.76. The highest BCUT2D eigenvalue weighted by Gasteiger charge is 2.77. The first kappa shape index (κ1) is 31.4. The van der Waals surface area contributed by atoms with Gasteiger partial charge in [0.05, 0.1) is 16.6 Å². The number of aliphatic hydroxyl groups excluding tert-OH is 1. The molecule has 3 N–H and O–H groups in total. The van der Waals surface area contributed by atoms with Crippen LogP contribution < -0.4 is 0 Å². The molecule has 0 aromatic carbocycles. The topological polar surface area (TPSA) is 183 Å². The first-order chi connectivity index (χ1) is 19.0. The van der Waals surface area contributed by atoms with E-state index < -0.39 is 101 Å². The number of Topliss-reactive ketones (excluding diaryl/α,β-unsaturated/α-hetero) is 1. The van der Waals surface area contributed by atoms with Crippen LogP contribution in [-0.2, 0) is 42.9 Å². The molecule has 0 aromatic heterocycles. The summed E-state index contributed by atoms with van der Waals surface area (Å²) in [5.74, 6) is -5.16. The summed E-state index contributed by atoms with van der Waals surface area (Å²) in [5, 5.41) is 34.7. The predicted octanol–water partition coefficient (Wildman–Crippen LogP) is 0.995. The summed E-state index contributed by atoms with van der Waals surface area (Å²) < 4.78 is 22.8. The highest BCUT2D eigenvalue weighted by atomic mass is 16.6. The fourth-order valence-electron chi connectivity index (χ4n) is 9.24. The number of ketones is 1. The van der Waals surface area contributed by atoms with Gasteiger partial charge in [-0.2, -0.15) is 0 Å². The monoisotopic (exact) mass is 582 g/mol. The third kappa shape index (κ3) is 4.95. The van der Waals surface area contributed by atoms with Crippen molar-refractivity contribution < 1.29 is 58.2 Å². The van der Waals surface area contributed by atoms with Gasteiger partial charge in [-0.15, -0.1) is 0 Å². The van der Waals surface area contributed by atoms with Crippen molar-refractivity contribution in [3.8, 4) is 0 Å². The van der Waals surface area contributed by atoms with Crippen LogP contribution in [-0.4, -0.2) is 87.7 Å². The fourth-order valence-corrected chi connectivity index (χ4v) is 9.24. The van der Waals surface area contributed by atoms with Gasteiger partial charge >= 0.3 is 23.9 Å². The van der Waals surface area contributed by atoms with Crippen molar-refractivity contribution in [1.29, 1.82) is 0 Å². The van der Waals surface area contributed by atoms with Crippen LogP contribution in [0.3, 0.4) is 0 Å². The molecule has 4 saturated carbocycles. The van der Waals surface area contributed by atoms with E-state index >= 15 is 0 Å². The van der Waals surface area contributed by atoms with E-state index in [9.17, 15) is 39.3 Å². The minimum Gasteiger partial charge on any atom is -0.465 e. The Labute approximate surface area is 239 Å². The van der Waals surface area contributed by atoms with Gasteiger partial charge in [0.25, 0.3) is 0 Å². The average Bonchev–Trinajstić information content (AvgIpc) is 3.11. The summed E-state index contributed by atoms with van der Waals surface area (Å²) in [6, 6.07) is 0. The molecular weight excluding hydrogens is 540 g/mol. The van der Waals surface area contributed by atoms with Crippen LogP contribution in [0.4, 0.5) is 0 Å². The second-order valence-electron chi connectivity index (χ2n) is 12.7. The highest BCUT2D eigenvalue weighted by Crippen LogP contribution is 2.71. The Bertz CT molecular complexity index is 1110. The summed E-state index contributed by atoms with van der Waals surface area (Å²) >= 11 is 0.